The second kappa shape index (κ2) is 12.3. The SMILES string of the molecule is CCCc1nc2ccc(Br)cc2c(=O)n1N=Cc1cc(Br)cc(OC)c1OCC(=O)Nc1ccccc1F. The highest BCUT2D eigenvalue weighted by atomic mass is 79.9. The lowest BCUT2D eigenvalue weighted by molar-refractivity contribution is -0.118. The zero-order chi connectivity index (χ0) is 27.2. The van der Waals surface area contributed by atoms with Crippen LogP contribution in [0.5, 0.6) is 11.5 Å². The van der Waals surface area contributed by atoms with Gasteiger partial charge in [-0.3, -0.25) is 9.59 Å². The summed E-state index contributed by atoms with van der Waals surface area (Å²) in [4.78, 5) is 30.4. The molecule has 0 unspecified atom stereocenters. The van der Waals surface area contributed by atoms with Gasteiger partial charge in [-0.15, -0.1) is 0 Å². The smallest absolute Gasteiger partial charge is 0.282 e. The van der Waals surface area contributed by atoms with Crippen molar-refractivity contribution in [3.63, 3.8) is 0 Å². The van der Waals surface area contributed by atoms with Crippen molar-refractivity contribution in [2.45, 2.75) is 19.8 Å². The fourth-order valence-corrected chi connectivity index (χ4v) is 4.51. The molecule has 1 N–H and O–H groups in total. The van der Waals surface area contributed by atoms with Crippen molar-refractivity contribution >= 4 is 60.6 Å². The predicted molar refractivity (Wildman–Crippen MR) is 152 cm³/mol. The third-order valence-corrected chi connectivity index (χ3v) is 6.38. The number of aromatic nitrogens is 2. The zero-order valence-corrected chi connectivity index (χ0v) is 23.7. The third kappa shape index (κ3) is 6.28. The molecular weight excluding hydrogens is 623 g/mol. The number of fused-ring (bicyclic) bond motifs is 1. The van der Waals surface area contributed by atoms with E-state index in [2.05, 4.69) is 47.3 Å². The van der Waals surface area contributed by atoms with Crippen molar-refractivity contribution in [3.05, 3.63) is 91.1 Å². The number of carbonyl (C=O) groups excluding carboxylic acids is 1. The van der Waals surface area contributed by atoms with Crippen molar-refractivity contribution in [3.8, 4) is 11.5 Å². The van der Waals surface area contributed by atoms with Crippen molar-refractivity contribution in [1.29, 1.82) is 0 Å². The zero-order valence-electron chi connectivity index (χ0n) is 20.5. The van der Waals surface area contributed by atoms with E-state index < -0.39 is 18.3 Å². The van der Waals surface area contributed by atoms with E-state index in [-0.39, 0.29) is 17.0 Å². The second-order valence-corrected chi connectivity index (χ2v) is 9.98. The van der Waals surface area contributed by atoms with E-state index in [1.54, 1.807) is 30.3 Å². The third-order valence-electron chi connectivity index (χ3n) is 5.43. The molecule has 0 saturated carbocycles. The first-order valence-electron chi connectivity index (χ1n) is 11.6. The van der Waals surface area contributed by atoms with Crippen molar-refractivity contribution in [2.75, 3.05) is 19.0 Å². The number of nitrogens with zero attached hydrogens (tertiary/aromatic N) is 3. The van der Waals surface area contributed by atoms with Crippen LogP contribution in [0, 0.1) is 5.82 Å². The maximum Gasteiger partial charge on any atom is 0.282 e. The van der Waals surface area contributed by atoms with Gasteiger partial charge < -0.3 is 14.8 Å². The van der Waals surface area contributed by atoms with E-state index in [1.165, 1.54) is 36.2 Å². The number of methoxy groups -OCH3 is 1. The highest BCUT2D eigenvalue weighted by molar-refractivity contribution is 9.10. The van der Waals surface area contributed by atoms with E-state index in [0.29, 0.717) is 38.9 Å². The number of hydrogen-bond acceptors (Lipinski definition) is 6. The van der Waals surface area contributed by atoms with Crippen LogP contribution in [0.1, 0.15) is 24.7 Å². The van der Waals surface area contributed by atoms with Gasteiger partial charge in [0.25, 0.3) is 11.5 Å². The number of carbonyl (C=O) groups is 1. The van der Waals surface area contributed by atoms with Crippen LogP contribution >= 0.6 is 31.9 Å². The minimum atomic E-state index is -0.561. The van der Waals surface area contributed by atoms with Gasteiger partial charge >= 0.3 is 0 Å². The Hall–Kier alpha value is -3.57. The van der Waals surface area contributed by atoms with E-state index >= 15 is 0 Å². The molecule has 0 aliphatic heterocycles. The molecule has 4 rings (SSSR count). The number of aryl methyl sites for hydroxylation is 1. The Labute approximate surface area is 234 Å². The normalized spacial score (nSPS) is 11.2. The average molecular weight is 646 g/mol. The standard InChI is InChI=1S/C27H23Br2FN4O4/c1-3-6-24-32-21-10-9-17(28)12-19(21)27(36)34(24)31-14-16-11-18(29)13-23(37-2)26(16)38-15-25(35)33-22-8-5-4-7-20(22)30/h4-5,7-14H,3,6,15H2,1-2H3,(H,33,35). The summed E-state index contributed by atoms with van der Waals surface area (Å²) in [6.07, 6.45) is 2.75. The average Bonchev–Trinajstić information content (AvgIpc) is 2.89. The molecule has 0 saturated heterocycles. The summed E-state index contributed by atoms with van der Waals surface area (Å²) in [6, 6.07) is 14.5. The molecule has 0 bridgehead atoms. The van der Waals surface area contributed by atoms with Gasteiger partial charge in [0.1, 0.15) is 11.6 Å². The summed E-state index contributed by atoms with van der Waals surface area (Å²) in [5.41, 5.74) is 0.759. The molecule has 196 valence electrons. The minimum absolute atomic E-state index is 0.0453. The molecule has 0 aliphatic carbocycles. The number of benzene rings is 3. The van der Waals surface area contributed by atoms with E-state index in [4.69, 9.17) is 9.47 Å². The first-order valence-corrected chi connectivity index (χ1v) is 13.2. The van der Waals surface area contributed by atoms with E-state index in [9.17, 15) is 14.0 Å². The lowest BCUT2D eigenvalue weighted by Gasteiger charge is -2.14. The molecule has 38 heavy (non-hydrogen) atoms. The number of anilines is 1. The molecule has 3 aromatic carbocycles. The number of para-hydroxylation sites is 1. The van der Waals surface area contributed by atoms with Gasteiger partial charge in [-0.1, -0.05) is 50.9 Å². The molecule has 8 nitrogen and oxygen atoms in total. The molecule has 1 aromatic heterocycles. The minimum Gasteiger partial charge on any atom is -0.493 e. The van der Waals surface area contributed by atoms with E-state index in [1.807, 2.05) is 13.0 Å². The highest BCUT2D eigenvalue weighted by Gasteiger charge is 2.16. The Bertz CT molecular complexity index is 1590. The van der Waals surface area contributed by atoms with Crippen molar-refractivity contribution in [2.24, 2.45) is 5.10 Å². The number of rotatable bonds is 9. The van der Waals surface area contributed by atoms with Crippen LogP contribution in [-0.2, 0) is 11.2 Å². The quantitative estimate of drug-likeness (QED) is 0.228. The van der Waals surface area contributed by atoms with Gasteiger partial charge in [-0.25, -0.2) is 9.37 Å². The van der Waals surface area contributed by atoms with Crippen LogP contribution in [0.15, 0.2) is 73.4 Å². The molecule has 0 spiro atoms. The maximum atomic E-state index is 13.9. The monoisotopic (exact) mass is 644 g/mol. The number of nitrogens with one attached hydrogen (secondary N) is 1. The topological polar surface area (TPSA) is 94.8 Å². The first kappa shape index (κ1) is 27.5. The molecule has 0 radical (unpaired) electrons. The maximum absolute atomic E-state index is 13.9. The Kier molecular flexibility index (Phi) is 8.90. The molecule has 0 aliphatic rings. The van der Waals surface area contributed by atoms with Crippen LogP contribution in [0.3, 0.4) is 0 Å². The van der Waals surface area contributed by atoms with Gasteiger partial charge in [-0.2, -0.15) is 9.78 Å². The van der Waals surface area contributed by atoms with Crippen LogP contribution in [0.25, 0.3) is 10.9 Å². The fraction of sp³-hybridized carbons (Fsp3) is 0.185. The molecule has 0 atom stereocenters. The summed E-state index contributed by atoms with van der Waals surface area (Å²) in [5, 5.41) is 7.35. The lowest BCUT2D eigenvalue weighted by Crippen LogP contribution is -2.23. The molecule has 0 fully saturated rings. The first-order chi connectivity index (χ1) is 18.3. The number of hydrogen-bond donors (Lipinski definition) is 1. The van der Waals surface area contributed by atoms with Crippen molar-refractivity contribution in [1.82, 2.24) is 9.66 Å². The van der Waals surface area contributed by atoms with E-state index in [0.717, 1.165) is 10.9 Å². The van der Waals surface area contributed by atoms with Gasteiger partial charge in [0.05, 0.1) is 29.9 Å². The molecule has 11 heteroatoms. The number of halogens is 3. The van der Waals surface area contributed by atoms with Gasteiger partial charge in [0, 0.05) is 20.9 Å². The molecule has 1 amide bonds. The van der Waals surface area contributed by atoms with Gasteiger partial charge in [0.15, 0.2) is 18.1 Å². The Morgan fingerprint density at radius 3 is 2.68 bits per heavy atom. The molecule has 1 heterocycles. The van der Waals surface area contributed by atoms with Gasteiger partial charge in [-0.05, 0) is 48.9 Å². The summed E-state index contributed by atoms with van der Waals surface area (Å²) < 4.78 is 27.8. The summed E-state index contributed by atoms with van der Waals surface area (Å²) in [5.74, 6) is -0.0452. The predicted octanol–water partition coefficient (Wildman–Crippen LogP) is 5.92. The Balaban J connectivity index is 1.69. The number of amides is 1. The highest BCUT2D eigenvalue weighted by Crippen LogP contribution is 2.34. The lowest BCUT2D eigenvalue weighted by atomic mass is 10.2. The molecular formula is C27H23Br2FN4O4. The van der Waals surface area contributed by atoms with Crippen LogP contribution < -0.4 is 20.3 Å². The van der Waals surface area contributed by atoms with Gasteiger partial charge in [0.2, 0.25) is 0 Å². The Morgan fingerprint density at radius 2 is 1.95 bits per heavy atom. The van der Waals surface area contributed by atoms with Crippen LogP contribution in [-0.4, -0.2) is 35.5 Å². The molecule has 4 aromatic rings. The Morgan fingerprint density at radius 1 is 1.16 bits per heavy atom. The van der Waals surface area contributed by atoms with Crippen LogP contribution in [0.2, 0.25) is 0 Å². The fourth-order valence-electron chi connectivity index (χ4n) is 3.70. The van der Waals surface area contributed by atoms with Crippen LogP contribution in [0.4, 0.5) is 10.1 Å². The summed E-state index contributed by atoms with van der Waals surface area (Å²) in [7, 11) is 1.46. The summed E-state index contributed by atoms with van der Waals surface area (Å²) in [6.45, 7) is 1.57. The second-order valence-electron chi connectivity index (χ2n) is 8.14. The van der Waals surface area contributed by atoms with Crippen molar-refractivity contribution < 1.29 is 18.7 Å². The summed E-state index contributed by atoms with van der Waals surface area (Å²) >= 11 is 6.84. The largest absolute Gasteiger partial charge is 0.493 e. The number of ether oxygens (including phenoxy) is 2.